The molecule has 3 aromatic rings. The summed E-state index contributed by atoms with van der Waals surface area (Å²) in [5, 5.41) is 1.47. The van der Waals surface area contributed by atoms with Gasteiger partial charge in [0.1, 0.15) is 17.4 Å². The van der Waals surface area contributed by atoms with Gasteiger partial charge >= 0.3 is 0 Å². The second-order valence-corrected chi connectivity index (χ2v) is 5.70. The number of piperazine rings is 1. The summed E-state index contributed by atoms with van der Waals surface area (Å²) < 4.78 is 5.98. The number of aromatic nitrogens is 2. The molecule has 0 unspecified atom stereocenters. The molecular weight excluding hydrogens is 298 g/mol. The van der Waals surface area contributed by atoms with Gasteiger partial charge in [-0.05, 0) is 24.4 Å². The maximum Gasteiger partial charge on any atom is 0.196 e. The summed E-state index contributed by atoms with van der Waals surface area (Å²) in [7, 11) is 0. The number of rotatable bonds is 1. The topological polar surface area (TPSA) is 71.4 Å². The molecule has 1 saturated heterocycles. The van der Waals surface area contributed by atoms with E-state index in [1.54, 1.807) is 6.33 Å². The Labute approximate surface area is 132 Å². The van der Waals surface area contributed by atoms with Gasteiger partial charge in [0.25, 0.3) is 0 Å². The van der Waals surface area contributed by atoms with Crippen LogP contribution in [0, 0.1) is 0 Å². The Bertz CT molecular complexity index is 853. The Balaban J connectivity index is 1.75. The third kappa shape index (κ3) is 2.05. The van der Waals surface area contributed by atoms with Crippen LogP contribution in [0.15, 0.2) is 35.0 Å². The van der Waals surface area contributed by atoms with Crippen LogP contribution in [0.25, 0.3) is 22.1 Å². The van der Waals surface area contributed by atoms with Crippen LogP contribution < -0.4 is 10.6 Å². The number of nitrogens with two attached hydrogens (primary N) is 1. The van der Waals surface area contributed by atoms with Gasteiger partial charge in [-0.15, -0.1) is 0 Å². The van der Waals surface area contributed by atoms with E-state index in [4.69, 9.17) is 22.4 Å². The molecule has 1 aliphatic rings. The molecule has 3 heterocycles. The van der Waals surface area contributed by atoms with E-state index in [1.807, 2.05) is 29.2 Å². The molecule has 4 rings (SSSR count). The number of anilines is 1. The smallest absolute Gasteiger partial charge is 0.196 e. The van der Waals surface area contributed by atoms with Gasteiger partial charge in [0.15, 0.2) is 16.5 Å². The molecule has 6 nitrogen and oxygen atoms in total. The Morgan fingerprint density at radius 1 is 1.14 bits per heavy atom. The number of hydrogen-bond donors (Lipinski definition) is 1. The van der Waals surface area contributed by atoms with Crippen LogP contribution >= 0.6 is 12.2 Å². The van der Waals surface area contributed by atoms with Crippen LogP contribution in [0.3, 0.4) is 0 Å². The van der Waals surface area contributed by atoms with Crippen molar-refractivity contribution in [1.29, 1.82) is 0 Å². The molecule has 22 heavy (non-hydrogen) atoms. The molecular formula is C15H15N5OS. The molecule has 1 aliphatic heterocycles. The molecule has 0 spiro atoms. The lowest BCUT2D eigenvalue weighted by atomic mass is 10.2. The highest BCUT2D eigenvalue weighted by atomic mass is 32.1. The fourth-order valence-electron chi connectivity index (χ4n) is 2.88. The summed E-state index contributed by atoms with van der Waals surface area (Å²) in [6.45, 7) is 3.20. The van der Waals surface area contributed by atoms with Crippen LogP contribution in [0.2, 0.25) is 0 Å². The third-order valence-electron chi connectivity index (χ3n) is 4.03. The van der Waals surface area contributed by atoms with E-state index in [9.17, 15) is 0 Å². The zero-order valence-electron chi connectivity index (χ0n) is 11.9. The molecule has 0 amide bonds. The second kappa shape index (κ2) is 5.10. The van der Waals surface area contributed by atoms with Crippen molar-refractivity contribution in [2.75, 3.05) is 31.1 Å². The Morgan fingerprint density at radius 3 is 2.68 bits per heavy atom. The maximum atomic E-state index is 5.98. The molecule has 0 atom stereocenters. The molecule has 0 bridgehead atoms. The maximum absolute atomic E-state index is 5.98. The van der Waals surface area contributed by atoms with Crippen molar-refractivity contribution in [2.24, 2.45) is 5.73 Å². The first-order valence-electron chi connectivity index (χ1n) is 7.15. The molecule has 0 aliphatic carbocycles. The molecule has 0 saturated carbocycles. The van der Waals surface area contributed by atoms with Gasteiger partial charge in [0.05, 0.1) is 0 Å². The largest absolute Gasteiger partial charge is 0.450 e. The van der Waals surface area contributed by atoms with Crippen molar-refractivity contribution >= 4 is 45.2 Å². The van der Waals surface area contributed by atoms with Gasteiger partial charge in [0, 0.05) is 31.6 Å². The highest BCUT2D eigenvalue weighted by molar-refractivity contribution is 7.80. The number of furan rings is 1. The van der Waals surface area contributed by atoms with Crippen molar-refractivity contribution in [3.63, 3.8) is 0 Å². The highest BCUT2D eigenvalue weighted by Crippen LogP contribution is 2.32. The lowest BCUT2D eigenvalue weighted by Gasteiger charge is -2.35. The fraction of sp³-hybridized carbons (Fsp3) is 0.267. The number of nitrogens with zero attached hydrogens (tertiary/aromatic N) is 4. The minimum Gasteiger partial charge on any atom is -0.450 e. The number of para-hydroxylation sites is 1. The van der Waals surface area contributed by atoms with E-state index in [2.05, 4.69) is 14.9 Å². The minimum atomic E-state index is 0.455. The van der Waals surface area contributed by atoms with Gasteiger partial charge in [-0.3, -0.25) is 0 Å². The molecule has 7 heteroatoms. The van der Waals surface area contributed by atoms with Crippen LogP contribution in [-0.4, -0.2) is 46.2 Å². The van der Waals surface area contributed by atoms with Crippen LogP contribution in [0.4, 0.5) is 5.82 Å². The fourth-order valence-corrected chi connectivity index (χ4v) is 3.06. The normalized spacial score (nSPS) is 15.6. The number of thiocarbonyl (C=S) groups is 1. The minimum absolute atomic E-state index is 0.455. The van der Waals surface area contributed by atoms with E-state index >= 15 is 0 Å². The Kier molecular flexibility index (Phi) is 3.07. The average molecular weight is 313 g/mol. The van der Waals surface area contributed by atoms with Gasteiger partial charge < -0.3 is 20.0 Å². The Morgan fingerprint density at radius 2 is 1.91 bits per heavy atom. The highest BCUT2D eigenvalue weighted by Gasteiger charge is 2.22. The Hall–Kier alpha value is -2.41. The predicted octanol–water partition coefficient (Wildman–Crippen LogP) is 1.74. The van der Waals surface area contributed by atoms with Crippen molar-refractivity contribution in [2.45, 2.75) is 0 Å². The molecule has 2 aromatic heterocycles. The SMILES string of the molecule is NC(=S)N1CCN(c2ncnc3c2oc2ccccc23)CC1. The number of benzene rings is 1. The summed E-state index contributed by atoms with van der Waals surface area (Å²) in [5.74, 6) is 0.837. The summed E-state index contributed by atoms with van der Waals surface area (Å²) in [6.07, 6.45) is 1.60. The predicted molar refractivity (Wildman–Crippen MR) is 89.9 cm³/mol. The van der Waals surface area contributed by atoms with E-state index in [1.165, 1.54) is 0 Å². The summed E-state index contributed by atoms with van der Waals surface area (Å²) in [5.41, 5.74) is 8.12. The number of fused-ring (bicyclic) bond motifs is 3. The summed E-state index contributed by atoms with van der Waals surface area (Å²) in [4.78, 5) is 13.0. The van der Waals surface area contributed by atoms with Crippen molar-refractivity contribution in [3.05, 3.63) is 30.6 Å². The second-order valence-electron chi connectivity index (χ2n) is 5.29. The van der Waals surface area contributed by atoms with Gasteiger partial charge in [0.2, 0.25) is 0 Å². The first-order valence-corrected chi connectivity index (χ1v) is 7.56. The zero-order chi connectivity index (χ0) is 15.1. The molecule has 2 N–H and O–H groups in total. The van der Waals surface area contributed by atoms with Crippen LogP contribution in [0.5, 0.6) is 0 Å². The first-order chi connectivity index (χ1) is 10.7. The molecule has 1 aromatic carbocycles. The summed E-state index contributed by atoms with van der Waals surface area (Å²) in [6, 6.07) is 7.91. The lowest BCUT2D eigenvalue weighted by molar-refractivity contribution is 0.387. The standard InChI is InChI=1S/C15H15N5OS/c16-15(22)20-7-5-19(6-8-20)14-13-12(17-9-18-14)10-3-1-2-4-11(10)21-13/h1-4,9H,5-8H2,(H2,16,22). The van der Waals surface area contributed by atoms with Gasteiger partial charge in [-0.2, -0.15) is 0 Å². The van der Waals surface area contributed by atoms with E-state index in [0.717, 1.165) is 54.1 Å². The quantitative estimate of drug-likeness (QED) is 0.686. The van der Waals surface area contributed by atoms with Gasteiger partial charge in [-0.1, -0.05) is 12.1 Å². The van der Waals surface area contributed by atoms with E-state index in [0.29, 0.717) is 5.11 Å². The number of hydrogen-bond acceptors (Lipinski definition) is 5. The monoisotopic (exact) mass is 313 g/mol. The van der Waals surface area contributed by atoms with Crippen molar-refractivity contribution in [1.82, 2.24) is 14.9 Å². The zero-order valence-corrected chi connectivity index (χ0v) is 12.7. The average Bonchev–Trinajstić information content (AvgIpc) is 2.93. The molecule has 0 radical (unpaired) electrons. The van der Waals surface area contributed by atoms with Gasteiger partial charge in [-0.25, -0.2) is 9.97 Å². The molecule has 112 valence electrons. The van der Waals surface area contributed by atoms with E-state index in [-0.39, 0.29) is 0 Å². The van der Waals surface area contributed by atoms with Crippen LogP contribution in [-0.2, 0) is 0 Å². The van der Waals surface area contributed by atoms with Crippen molar-refractivity contribution in [3.8, 4) is 0 Å². The summed E-state index contributed by atoms with van der Waals surface area (Å²) >= 11 is 5.03. The third-order valence-corrected chi connectivity index (χ3v) is 4.29. The van der Waals surface area contributed by atoms with Crippen molar-refractivity contribution < 1.29 is 4.42 Å². The lowest BCUT2D eigenvalue weighted by Crippen LogP contribution is -2.50. The van der Waals surface area contributed by atoms with Crippen LogP contribution in [0.1, 0.15) is 0 Å². The molecule has 1 fully saturated rings. The van der Waals surface area contributed by atoms with E-state index < -0.39 is 0 Å². The first kappa shape index (κ1) is 13.3.